The molecule has 0 spiro atoms. The average molecular weight is 367 g/mol. The highest BCUT2D eigenvalue weighted by Gasteiger charge is 2.30. The standard InChI is InChI=1S/C18H23ClN2O2S/c1-4-14(3)21(12-15-8-6-5-7-9-15)24(22,23)18-11-17(20)16(19)10-13(18)2/h5-11,14H,4,12,20H2,1-3H3. The molecule has 2 rings (SSSR count). The molecule has 2 aromatic carbocycles. The molecule has 4 nitrogen and oxygen atoms in total. The van der Waals surface area contributed by atoms with Gasteiger partial charge in [-0.3, -0.25) is 0 Å². The lowest BCUT2D eigenvalue weighted by atomic mass is 10.2. The van der Waals surface area contributed by atoms with Crippen molar-refractivity contribution < 1.29 is 8.42 Å². The third-order valence-electron chi connectivity index (χ3n) is 4.14. The monoisotopic (exact) mass is 366 g/mol. The Morgan fingerprint density at radius 2 is 1.83 bits per heavy atom. The normalized spacial score (nSPS) is 13.2. The molecule has 1 atom stereocenters. The van der Waals surface area contributed by atoms with E-state index < -0.39 is 10.0 Å². The molecule has 6 heteroatoms. The first-order valence-corrected chi connectivity index (χ1v) is 9.70. The molecule has 24 heavy (non-hydrogen) atoms. The van der Waals surface area contributed by atoms with Crippen LogP contribution in [0, 0.1) is 6.92 Å². The first-order chi connectivity index (χ1) is 11.3. The van der Waals surface area contributed by atoms with Crippen molar-refractivity contribution in [2.45, 2.75) is 44.7 Å². The molecule has 0 aliphatic carbocycles. The smallest absolute Gasteiger partial charge is 0.243 e. The Labute approximate surface area is 149 Å². The predicted octanol–water partition coefficient (Wildman–Crippen LogP) is 4.22. The maximum Gasteiger partial charge on any atom is 0.243 e. The van der Waals surface area contributed by atoms with Gasteiger partial charge in [-0.05, 0) is 43.5 Å². The van der Waals surface area contributed by atoms with Gasteiger partial charge in [0.15, 0.2) is 0 Å². The van der Waals surface area contributed by atoms with Crippen LogP contribution in [0.15, 0.2) is 47.4 Å². The lowest BCUT2D eigenvalue weighted by Gasteiger charge is -2.28. The maximum absolute atomic E-state index is 13.2. The molecular formula is C18H23ClN2O2S. The van der Waals surface area contributed by atoms with Gasteiger partial charge < -0.3 is 5.73 Å². The highest BCUT2D eigenvalue weighted by molar-refractivity contribution is 7.89. The van der Waals surface area contributed by atoms with Crippen molar-refractivity contribution in [2.75, 3.05) is 5.73 Å². The summed E-state index contributed by atoms with van der Waals surface area (Å²) in [6.07, 6.45) is 0.716. The van der Waals surface area contributed by atoms with E-state index in [4.69, 9.17) is 17.3 Å². The highest BCUT2D eigenvalue weighted by atomic mass is 35.5. The Hall–Kier alpha value is -1.56. The lowest BCUT2D eigenvalue weighted by Crippen LogP contribution is -2.38. The van der Waals surface area contributed by atoms with Crippen LogP contribution in [0.25, 0.3) is 0 Å². The molecule has 0 amide bonds. The first-order valence-electron chi connectivity index (χ1n) is 7.88. The minimum Gasteiger partial charge on any atom is -0.397 e. The molecule has 130 valence electrons. The number of nitrogens with zero attached hydrogens (tertiary/aromatic N) is 1. The zero-order valence-corrected chi connectivity index (χ0v) is 15.7. The Balaban J connectivity index is 2.50. The summed E-state index contributed by atoms with van der Waals surface area (Å²) in [6, 6.07) is 12.5. The van der Waals surface area contributed by atoms with E-state index in [9.17, 15) is 8.42 Å². The van der Waals surface area contributed by atoms with Gasteiger partial charge in [0.25, 0.3) is 0 Å². The minimum atomic E-state index is -3.69. The van der Waals surface area contributed by atoms with Crippen molar-refractivity contribution in [3.63, 3.8) is 0 Å². The van der Waals surface area contributed by atoms with Gasteiger partial charge in [0.05, 0.1) is 15.6 Å². The zero-order valence-electron chi connectivity index (χ0n) is 14.2. The molecule has 2 N–H and O–H groups in total. The second-order valence-electron chi connectivity index (χ2n) is 5.93. The van der Waals surface area contributed by atoms with Gasteiger partial charge in [-0.1, -0.05) is 48.9 Å². The Morgan fingerprint density at radius 1 is 1.21 bits per heavy atom. The van der Waals surface area contributed by atoms with E-state index in [0.717, 1.165) is 5.56 Å². The summed E-state index contributed by atoms with van der Waals surface area (Å²) in [5, 5.41) is 0.365. The number of benzene rings is 2. The Kier molecular flexibility index (Phi) is 5.91. The summed E-state index contributed by atoms with van der Waals surface area (Å²) < 4.78 is 28.0. The van der Waals surface area contributed by atoms with Crippen molar-refractivity contribution >= 4 is 27.3 Å². The van der Waals surface area contributed by atoms with E-state index in [1.807, 2.05) is 44.2 Å². The average Bonchev–Trinajstić information content (AvgIpc) is 2.56. The van der Waals surface area contributed by atoms with Crippen LogP contribution < -0.4 is 5.73 Å². The largest absolute Gasteiger partial charge is 0.397 e. The van der Waals surface area contributed by atoms with Crippen molar-refractivity contribution in [1.29, 1.82) is 0 Å². The fourth-order valence-corrected chi connectivity index (χ4v) is 4.67. The molecule has 1 unspecified atom stereocenters. The number of sulfonamides is 1. The van der Waals surface area contributed by atoms with Crippen LogP contribution in [0.5, 0.6) is 0 Å². The Morgan fingerprint density at radius 3 is 2.42 bits per heavy atom. The highest BCUT2D eigenvalue weighted by Crippen LogP contribution is 2.30. The summed E-state index contributed by atoms with van der Waals surface area (Å²) >= 11 is 6.00. The van der Waals surface area contributed by atoms with Gasteiger partial charge in [-0.25, -0.2) is 8.42 Å². The minimum absolute atomic E-state index is 0.133. The maximum atomic E-state index is 13.2. The third-order valence-corrected chi connectivity index (χ3v) is 6.57. The summed E-state index contributed by atoms with van der Waals surface area (Å²) in [4.78, 5) is 0.209. The van der Waals surface area contributed by atoms with Crippen molar-refractivity contribution in [2.24, 2.45) is 0 Å². The zero-order chi connectivity index (χ0) is 17.9. The van der Waals surface area contributed by atoms with E-state index in [0.29, 0.717) is 23.6 Å². The van der Waals surface area contributed by atoms with Gasteiger partial charge in [0, 0.05) is 12.6 Å². The van der Waals surface area contributed by atoms with Crippen LogP contribution in [0.3, 0.4) is 0 Å². The van der Waals surface area contributed by atoms with Gasteiger partial charge in [-0.2, -0.15) is 4.31 Å². The summed E-state index contributed by atoms with van der Waals surface area (Å²) in [7, 11) is -3.69. The number of hydrogen-bond donors (Lipinski definition) is 1. The quantitative estimate of drug-likeness (QED) is 0.778. The van der Waals surface area contributed by atoms with Crippen LogP contribution in [0.2, 0.25) is 5.02 Å². The SMILES string of the molecule is CCC(C)N(Cc1ccccc1)S(=O)(=O)c1cc(N)c(Cl)cc1C. The van der Waals surface area contributed by atoms with E-state index in [-0.39, 0.29) is 16.6 Å². The van der Waals surface area contributed by atoms with Crippen LogP contribution in [0.1, 0.15) is 31.4 Å². The summed E-state index contributed by atoms with van der Waals surface area (Å²) in [5.41, 5.74) is 7.64. The van der Waals surface area contributed by atoms with E-state index in [2.05, 4.69) is 0 Å². The van der Waals surface area contributed by atoms with Gasteiger partial charge >= 0.3 is 0 Å². The fraction of sp³-hybridized carbons (Fsp3) is 0.333. The summed E-state index contributed by atoms with van der Waals surface area (Å²) in [5.74, 6) is 0. The topological polar surface area (TPSA) is 63.4 Å². The van der Waals surface area contributed by atoms with Gasteiger partial charge in [0.2, 0.25) is 10.0 Å². The van der Waals surface area contributed by atoms with Crippen molar-refractivity contribution in [3.05, 3.63) is 58.6 Å². The number of rotatable bonds is 6. The summed E-state index contributed by atoms with van der Waals surface area (Å²) in [6.45, 7) is 5.94. The number of anilines is 1. The third kappa shape index (κ3) is 3.91. The predicted molar refractivity (Wildman–Crippen MR) is 99.5 cm³/mol. The molecule has 2 aromatic rings. The van der Waals surface area contributed by atoms with Crippen molar-refractivity contribution in [1.82, 2.24) is 4.31 Å². The van der Waals surface area contributed by atoms with Crippen LogP contribution in [-0.4, -0.2) is 18.8 Å². The molecule has 0 radical (unpaired) electrons. The lowest BCUT2D eigenvalue weighted by molar-refractivity contribution is 0.323. The van der Waals surface area contributed by atoms with E-state index >= 15 is 0 Å². The number of hydrogen-bond acceptors (Lipinski definition) is 3. The molecule has 0 aromatic heterocycles. The van der Waals surface area contributed by atoms with Crippen LogP contribution in [-0.2, 0) is 16.6 Å². The molecule has 0 heterocycles. The molecule has 0 aliphatic rings. The fourth-order valence-electron chi connectivity index (χ4n) is 2.52. The molecule has 0 aliphatic heterocycles. The molecule has 0 fully saturated rings. The van der Waals surface area contributed by atoms with Crippen LogP contribution >= 0.6 is 11.6 Å². The molecular weight excluding hydrogens is 344 g/mol. The van der Waals surface area contributed by atoms with Gasteiger partial charge in [0.1, 0.15) is 0 Å². The van der Waals surface area contributed by atoms with Crippen LogP contribution in [0.4, 0.5) is 5.69 Å². The first kappa shape index (κ1) is 18.8. The number of nitrogen functional groups attached to an aromatic ring is 1. The number of nitrogens with two attached hydrogens (primary N) is 1. The molecule has 0 saturated carbocycles. The van der Waals surface area contributed by atoms with Gasteiger partial charge in [-0.15, -0.1) is 0 Å². The number of aryl methyl sites for hydroxylation is 1. The Bertz CT molecular complexity index is 807. The van der Waals surface area contributed by atoms with E-state index in [1.165, 1.54) is 10.4 Å². The second-order valence-corrected chi connectivity index (χ2v) is 8.20. The second kappa shape index (κ2) is 7.55. The number of halogens is 1. The van der Waals surface area contributed by atoms with Crippen molar-refractivity contribution in [3.8, 4) is 0 Å². The van der Waals surface area contributed by atoms with E-state index in [1.54, 1.807) is 13.0 Å². The molecule has 0 saturated heterocycles. The molecule has 0 bridgehead atoms.